The summed E-state index contributed by atoms with van der Waals surface area (Å²) in [5, 5.41) is 2.16. The highest BCUT2D eigenvalue weighted by Gasteiger charge is 2.43. The van der Waals surface area contributed by atoms with E-state index in [-0.39, 0.29) is 17.6 Å². The topological polar surface area (TPSA) is 70.6 Å². The lowest BCUT2D eigenvalue weighted by atomic mass is 10.0. The third-order valence-electron chi connectivity index (χ3n) is 6.70. The number of carbonyl (C=O) groups excluding carboxylic acids is 1. The molecule has 1 saturated heterocycles. The Bertz CT molecular complexity index is 1250. The van der Waals surface area contributed by atoms with Gasteiger partial charge in [0.05, 0.1) is 4.90 Å². The van der Waals surface area contributed by atoms with Crippen LogP contribution in [0.1, 0.15) is 23.5 Å². The number of fused-ring (bicyclic) bond motifs is 1. The number of likely N-dealkylation sites (N-methyl/N-ethyl adjacent to an activating group) is 1. The molecule has 0 bridgehead atoms. The quantitative estimate of drug-likeness (QED) is 0.578. The van der Waals surface area contributed by atoms with Crippen molar-refractivity contribution in [3.8, 4) is 0 Å². The van der Waals surface area contributed by atoms with Gasteiger partial charge in [0.25, 0.3) is 0 Å². The van der Waals surface area contributed by atoms with E-state index < -0.39 is 10.0 Å². The molecule has 0 spiro atoms. The van der Waals surface area contributed by atoms with Crippen molar-refractivity contribution in [1.82, 2.24) is 14.2 Å². The summed E-state index contributed by atoms with van der Waals surface area (Å²) >= 11 is 0. The molecule has 2 heterocycles. The van der Waals surface area contributed by atoms with Crippen LogP contribution in [0.25, 0.3) is 10.8 Å². The highest BCUT2D eigenvalue weighted by Crippen LogP contribution is 2.48. The smallest absolute Gasteiger partial charge is 0.243 e. The van der Waals surface area contributed by atoms with Crippen molar-refractivity contribution in [3.63, 3.8) is 0 Å². The summed E-state index contributed by atoms with van der Waals surface area (Å²) in [5.41, 5.74) is 2.07. The third kappa shape index (κ3) is 4.20. The second kappa shape index (κ2) is 8.39. The van der Waals surface area contributed by atoms with E-state index in [1.165, 1.54) is 0 Å². The Labute approximate surface area is 188 Å². The number of piperazine rings is 1. The molecule has 166 valence electrons. The molecule has 6 nitrogen and oxygen atoms in total. The van der Waals surface area contributed by atoms with E-state index in [0.717, 1.165) is 41.4 Å². The Balaban J connectivity index is 1.23. The summed E-state index contributed by atoms with van der Waals surface area (Å²) in [6, 6.07) is 15.2. The highest BCUT2D eigenvalue weighted by atomic mass is 32.2. The molecule has 0 N–H and O–H groups in total. The van der Waals surface area contributed by atoms with Crippen LogP contribution in [0, 0.1) is 5.92 Å². The van der Waals surface area contributed by atoms with Crippen LogP contribution in [-0.2, 0) is 21.2 Å². The van der Waals surface area contributed by atoms with E-state index in [4.69, 9.17) is 0 Å². The number of ketones is 1. The van der Waals surface area contributed by atoms with Crippen LogP contribution in [0.4, 0.5) is 0 Å². The number of hydrogen-bond donors (Lipinski definition) is 0. The molecular formula is C25H27N3O3S. The molecule has 2 fully saturated rings. The van der Waals surface area contributed by atoms with E-state index in [0.29, 0.717) is 24.4 Å². The molecule has 2 aliphatic rings. The molecule has 2 aromatic carbocycles. The first-order chi connectivity index (χ1) is 15.4. The van der Waals surface area contributed by atoms with Crippen LogP contribution < -0.4 is 0 Å². The molecule has 32 heavy (non-hydrogen) atoms. The lowest BCUT2D eigenvalue weighted by Gasteiger charge is -2.31. The Morgan fingerprint density at radius 3 is 2.50 bits per heavy atom. The van der Waals surface area contributed by atoms with Gasteiger partial charge in [0.2, 0.25) is 10.0 Å². The largest absolute Gasteiger partial charge is 0.304 e. The van der Waals surface area contributed by atoms with Crippen LogP contribution in [0.15, 0.2) is 65.8 Å². The predicted octanol–water partition coefficient (Wildman–Crippen LogP) is 3.09. The minimum Gasteiger partial charge on any atom is -0.304 e. The van der Waals surface area contributed by atoms with Gasteiger partial charge in [-0.15, -0.1) is 0 Å². The maximum atomic E-state index is 12.9. The van der Waals surface area contributed by atoms with Crippen molar-refractivity contribution >= 4 is 26.6 Å². The van der Waals surface area contributed by atoms with Gasteiger partial charge in [0.15, 0.2) is 0 Å². The van der Waals surface area contributed by atoms with E-state index in [2.05, 4.69) is 16.0 Å². The van der Waals surface area contributed by atoms with Crippen LogP contribution in [0.5, 0.6) is 0 Å². The lowest BCUT2D eigenvalue weighted by molar-refractivity contribution is -0.119. The zero-order valence-corrected chi connectivity index (χ0v) is 19.0. The average molecular weight is 450 g/mol. The first kappa shape index (κ1) is 21.2. The molecule has 2 atom stereocenters. The molecule has 2 unspecified atom stereocenters. The van der Waals surface area contributed by atoms with Crippen LogP contribution in [0.2, 0.25) is 0 Å². The molecule has 3 aromatic rings. The number of benzene rings is 2. The van der Waals surface area contributed by atoms with Gasteiger partial charge in [-0.05, 0) is 54.1 Å². The van der Waals surface area contributed by atoms with Crippen molar-refractivity contribution in [2.45, 2.75) is 23.7 Å². The number of carbonyl (C=O) groups is 1. The summed E-state index contributed by atoms with van der Waals surface area (Å²) in [6.45, 7) is 2.53. The van der Waals surface area contributed by atoms with Crippen molar-refractivity contribution in [2.75, 3.05) is 33.2 Å². The number of Topliss-reactive ketones (excluding diaryl/α,β-unsaturated/α-hetero) is 1. The number of hydrogen-bond acceptors (Lipinski definition) is 5. The lowest BCUT2D eigenvalue weighted by Crippen LogP contribution is -2.46. The zero-order valence-electron chi connectivity index (χ0n) is 18.1. The standard InChI is InChI=1S/C25H27N3O3S/c1-27-10-12-28(13-11-27)32(30,31)22-6-4-19(5-7-22)23-16-24(23)25(29)15-18-2-3-21-17-26-9-8-20(21)14-18/h2-9,14,17,23-24H,10-13,15-16H2,1H3. The second-order valence-corrected chi connectivity index (χ2v) is 10.9. The molecule has 7 heteroatoms. The van der Waals surface area contributed by atoms with Gasteiger partial charge < -0.3 is 4.90 Å². The van der Waals surface area contributed by atoms with E-state index in [9.17, 15) is 13.2 Å². The Hall–Kier alpha value is -2.61. The SMILES string of the molecule is CN1CCN(S(=O)(=O)c2ccc(C3CC3C(=O)Cc3ccc4cnccc4c3)cc2)CC1. The summed E-state index contributed by atoms with van der Waals surface area (Å²) in [4.78, 5) is 19.4. The normalized spacial score (nSPS) is 22.2. The van der Waals surface area contributed by atoms with Gasteiger partial charge in [0.1, 0.15) is 5.78 Å². The molecule has 1 aliphatic carbocycles. The first-order valence-electron chi connectivity index (χ1n) is 11.1. The minimum absolute atomic E-state index is 0.0169. The highest BCUT2D eigenvalue weighted by molar-refractivity contribution is 7.89. The molecule has 5 rings (SSSR count). The fourth-order valence-electron chi connectivity index (χ4n) is 4.56. The maximum Gasteiger partial charge on any atom is 0.243 e. The van der Waals surface area contributed by atoms with Crippen molar-refractivity contribution in [3.05, 3.63) is 72.1 Å². The molecule has 1 aromatic heterocycles. The Morgan fingerprint density at radius 2 is 1.75 bits per heavy atom. The molecule has 1 aliphatic heterocycles. The number of pyridine rings is 1. The molecule has 0 amide bonds. The molecule has 1 saturated carbocycles. The van der Waals surface area contributed by atoms with E-state index in [1.807, 2.05) is 43.6 Å². The van der Waals surface area contributed by atoms with Gasteiger partial charge in [0, 0.05) is 56.3 Å². The molecular weight excluding hydrogens is 422 g/mol. The van der Waals surface area contributed by atoms with Crippen molar-refractivity contribution in [1.29, 1.82) is 0 Å². The number of sulfonamides is 1. The number of rotatable bonds is 6. The summed E-state index contributed by atoms with van der Waals surface area (Å²) in [7, 11) is -1.46. The molecule has 0 radical (unpaired) electrons. The van der Waals surface area contributed by atoms with Crippen molar-refractivity contribution < 1.29 is 13.2 Å². The maximum absolute atomic E-state index is 12.9. The van der Waals surface area contributed by atoms with Gasteiger partial charge in [-0.2, -0.15) is 4.31 Å². The zero-order chi connectivity index (χ0) is 22.3. The summed E-state index contributed by atoms with van der Waals surface area (Å²) in [5.74, 6) is 0.452. The first-order valence-corrected chi connectivity index (χ1v) is 12.5. The van der Waals surface area contributed by atoms with Gasteiger partial charge in [-0.3, -0.25) is 9.78 Å². The van der Waals surface area contributed by atoms with E-state index in [1.54, 1.807) is 22.6 Å². The van der Waals surface area contributed by atoms with Crippen LogP contribution >= 0.6 is 0 Å². The van der Waals surface area contributed by atoms with E-state index >= 15 is 0 Å². The average Bonchev–Trinajstić information content (AvgIpc) is 3.61. The van der Waals surface area contributed by atoms with Crippen LogP contribution in [0.3, 0.4) is 0 Å². The number of nitrogens with zero attached hydrogens (tertiary/aromatic N) is 3. The van der Waals surface area contributed by atoms with Gasteiger partial charge in [-0.25, -0.2) is 8.42 Å². The Kier molecular flexibility index (Phi) is 5.57. The third-order valence-corrected chi connectivity index (χ3v) is 8.61. The fourth-order valence-corrected chi connectivity index (χ4v) is 5.98. The van der Waals surface area contributed by atoms with Gasteiger partial charge in [-0.1, -0.05) is 30.3 Å². The summed E-state index contributed by atoms with van der Waals surface area (Å²) in [6.07, 6.45) is 4.85. The van der Waals surface area contributed by atoms with Crippen LogP contribution in [-0.4, -0.2) is 61.6 Å². The predicted molar refractivity (Wildman–Crippen MR) is 124 cm³/mol. The Morgan fingerprint density at radius 1 is 1.00 bits per heavy atom. The number of aromatic nitrogens is 1. The summed E-state index contributed by atoms with van der Waals surface area (Å²) < 4.78 is 27.4. The van der Waals surface area contributed by atoms with Crippen molar-refractivity contribution in [2.24, 2.45) is 5.92 Å². The van der Waals surface area contributed by atoms with Gasteiger partial charge >= 0.3 is 0 Å². The minimum atomic E-state index is -3.46. The fraction of sp³-hybridized carbons (Fsp3) is 0.360. The monoisotopic (exact) mass is 449 g/mol. The second-order valence-electron chi connectivity index (χ2n) is 8.93.